The van der Waals surface area contributed by atoms with Crippen LogP contribution in [0.2, 0.25) is 0 Å². The summed E-state index contributed by atoms with van der Waals surface area (Å²) in [6, 6.07) is 0. The molecule has 83 valence electrons. The molecular weight excluding hydrogens is 363 g/mol. The molecule has 2 rings (SSSR count). The van der Waals surface area contributed by atoms with E-state index in [2.05, 4.69) is 62.5 Å². The zero-order valence-corrected chi connectivity index (χ0v) is 13.4. The van der Waals surface area contributed by atoms with E-state index in [0.29, 0.717) is 0 Å². The summed E-state index contributed by atoms with van der Waals surface area (Å²) in [6.45, 7) is 4.50. The summed E-state index contributed by atoms with van der Waals surface area (Å²) in [5.74, 6) is 0. The van der Waals surface area contributed by atoms with Crippen molar-refractivity contribution in [2.75, 3.05) is 4.36 Å². The summed E-state index contributed by atoms with van der Waals surface area (Å²) >= 11 is 1.09. The SMILES string of the molecule is CC1(C(O[CH2][Hf])C2(C)C=CC=C2)C=CC=C1. The van der Waals surface area contributed by atoms with Gasteiger partial charge in [-0.25, -0.2) is 0 Å². The molecule has 0 saturated heterocycles. The second kappa shape index (κ2) is 4.58. The van der Waals surface area contributed by atoms with Crippen LogP contribution in [-0.2, 0) is 29.1 Å². The van der Waals surface area contributed by atoms with E-state index in [1.807, 2.05) is 0 Å². The fourth-order valence-corrected chi connectivity index (χ4v) is 3.22. The standard InChI is InChI=1S/C14H17O.Hf/c1-13(8-4-5-9-13)12(15-3)14(2)10-6-7-11-14;/h4-12H,3H2,1-2H3;. The first kappa shape index (κ1) is 12.3. The Labute approximate surface area is 113 Å². The second-order valence-corrected chi connectivity index (χ2v) is 5.90. The van der Waals surface area contributed by atoms with E-state index in [-0.39, 0.29) is 16.9 Å². The van der Waals surface area contributed by atoms with Crippen molar-refractivity contribution < 1.29 is 29.1 Å². The van der Waals surface area contributed by atoms with Crippen molar-refractivity contribution in [2.24, 2.45) is 10.8 Å². The van der Waals surface area contributed by atoms with Crippen molar-refractivity contribution in [1.82, 2.24) is 0 Å². The quantitative estimate of drug-likeness (QED) is 0.682. The molecule has 0 aromatic heterocycles. The van der Waals surface area contributed by atoms with Crippen molar-refractivity contribution >= 4 is 0 Å². The first-order valence-electron chi connectivity index (χ1n) is 5.61. The van der Waals surface area contributed by atoms with Crippen molar-refractivity contribution in [3.8, 4) is 0 Å². The fourth-order valence-electron chi connectivity index (χ4n) is 2.62. The molecule has 2 aliphatic rings. The van der Waals surface area contributed by atoms with Crippen LogP contribution in [0.4, 0.5) is 0 Å². The van der Waals surface area contributed by atoms with Gasteiger partial charge in [0, 0.05) is 0 Å². The van der Waals surface area contributed by atoms with Gasteiger partial charge >= 0.3 is 113 Å². The molecule has 0 aromatic carbocycles. The van der Waals surface area contributed by atoms with Gasteiger partial charge in [0.1, 0.15) is 0 Å². The molecule has 0 unspecified atom stereocenters. The summed E-state index contributed by atoms with van der Waals surface area (Å²) in [7, 11) is 0. The van der Waals surface area contributed by atoms with Crippen molar-refractivity contribution in [3.05, 3.63) is 48.6 Å². The molecule has 0 aliphatic heterocycles. The summed E-state index contributed by atoms with van der Waals surface area (Å²) in [4.78, 5) is 0. The Hall–Kier alpha value is -0.210. The Kier molecular flexibility index (Phi) is 3.50. The van der Waals surface area contributed by atoms with Crippen LogP contribution in [0.25, 0.3) is 0 Å². The van der Waals surface area contributed by atoms with Gasteiger partial charge in [0.2, 0.25) is 0 Å². The Morgan fingerprint density at radius 1 is 0.938 bits per heavy atom. The Morgan fingerprint density at radius 3 is 1.62 bits per heavy atom. The molecule has 1 nitrogen and oxygen atoms in total. The molecule has 0 spiro atoms. The first-order chi connectivity index (χ1) is 7.61. The molecule has 0 atom stereocenters. The third kappa shape index (κ3) is 2.10. The zero-order chi connectivity index (χ0) is 11.6. The number of hydrogen-bond acceptors (Lipinski definition) is 1. The Morgan fingerprint density at radius 2 is 1.31 bits per heavy atom. The molecule has 0 heterocycles. The topological polar surface area (TPSA) is 9.23 Å². The molecule has 0 bridgehead atoms. The maximum absolute atomic E-state index is 6.07. The molecule has 2 heteroatoms. The minimum absolute atomic E-state index is 0.0260. The predicted octanol–water partition coefficient (Wildman–Crippen LogP) is 3.14. The summed E-state index contributed by atoms with van der Waals surface area (Å²) in [5.41, 5.74) is 0.0519. The third-order valence-electron chi connectivity index (χ3n) is 3.42. The van der Waals surface area contributed by atoms with Crippen LogP contribution >= 0.6 is 0 Å². The van der Waals surface area contributed by atoms with E-state index < -0.39 is 0 Å². The Bertz CT molecular complexity index is 318. The van der Waals surface area contributed by atoms with Crippen LogP contribution in [0.15, 0.2) is 48.6 Å². The monoisotopic (exact) mass is 381 g/mol. The van der Waals surface area contributed by atoms with Crippen molar-refractivity contribution in [1.29, 1.82) is 0 Å². The van der Waals surface area contributed by atoms with Crippen LogP contribution in [0, 0.1) is 10.8 Å². The second-order valence-electron chi connectivity index (χ2n) is 4.86. The average Bonchev–Trinajstić information content (AvgIpc) is 2.85. The molecule has 0 fully saturated rings. The average molecular weight is 380 g/mol. The van der Waals surface area contributed by atoms with Gasteiger partial charge in [0.25, 0.3) is 0 Å². The number of hydrogen-bond donors (Lipinski definition) is 0. The van der Waals surface area contributed by atoms with Crippen LogP contribution in [-0.4, -0.2) is 10.5 Å². The van der Waals surface area contributed by atoms with Gasteiger partial charge in [0.15, 0.2) is 0 Å². The third-order valence-corrected chi connectivity index (χ3v) is 4.02. The van der Waals surface area contributed by atoms with Crippen LogP contribution < -0.4 is 0 Å². The van der Waals surface area contributed by atoms with Crippen molar-refractivity contribution in [2.45, 2.75) is 20.0 Å². The van der Waals surface area contributed by atoms with E-state index >= 15 is 0 Å². The zero-order valence-electron chi connectivity index (χ0n) is 9.81. The van der Waals surface area contributed by atoms with E-state index in [4.69, 9.17) is 4.74 Å². The summed E-state index contributed by atoms with van der Waals surface area (Å²) < 4.78 is 6.96. The molecule has 0 N–H and O–H groups in total. The van der Waals surface area contributed by atoms with Gasteiger partial charge in [-0.15, -0.1) is 0 Å². The summed E-state index contributed by atoms with van der Waals surface area (Å²) in [5, 5.41) is 0. The molecule has 0 aromatic rings. The predicted molar refractivity (Wildman–Crippen MR) is 62.5 cm³/mol. The van der Waals surface area contributed by atoms with Gasteiger partial charge in [-0.1, -0.05) is 0 Å². The Balaban J connectivity index is 2.30. The number of rotatable bonds is 4. The van der Waals surface area contributed by atoms with Gasteiger partial charge in [-0.2, -0.15) is 0 Å². The normalized spacial score (nSPS) is 23.6. The number of allylic oxidation sites excluding steroid dienone is 4. The molecule has 16 heavy (non-hydrogen) atoms. The summed E-state index contributed by atoms with van der Waals surface area (Å²) in [6.07, 6.45) is 17.7. The van der Waals surface area contributed by atoms with E-state index in [9.17, 15) is 0 Å². The molecule has 0 saturated carbocycles. The number of ether oxygens (including phenoxy) is 1. The fraction of sp³-hybridized carbons (Fsp3) is 0.429. The van der Waals surface area contributed by atoms with Gasteiger partial charge < -0.3 is 0 Å². The van der Waals surface area contributed by atoms with Gasteiger partial charge in [0.05, 0.1) is 0 Å². The minimum atomic E-state index is 0.0260. The molecular formula is C14H17HfO. The van der Waals surface area contributed by atoms with Crippen LogP contribution in [0.3, 0.4) is 0 Å². The molecule has 2 aliphatic carbocycles. The van der Waals surface area contributed by atoms with Crippen molar-refractivity contribution in [3.63, 3.8) is 0 Å². The van der Waals surface area contributed by atoms with E-state index in [1.54, 1.807) is 0 Å². The van der Waals surface area contributed by atoms with Gasteiger partial charge in [-0.3, -0.25) is 0 Å². The van der Waals surface area contributed by atoms with E-state index in [1.165, 1.54) is 0 Å². The maximum atomic E-state index is 6.07. The van der Waals surface area contributed by atoms with Crippen LogP contribution in [0.5, 0.6) is 0 Å². The first-order valence-corrected chi connectivity index (χ1v) is 8.15. The van der Waals surface area contributed by atoms with Crippen LogP contribution in [0.1, 0.15) is 13.8 Å². The molecule has 0 radical (unpaired) electrons. The van der Waals surface area contributed by atoms with E-state index in [0.717, 1.165) is 28.7 Å². The van der Waals surface area contributed by atoms with Gasteiger partial charge in [-0.05, 0) is 0 Å². The molecule has 0 amide bonds.